The third-order valence-corrected chi connectivity index (χ3v) is 3.69. The normalized spacial score (nSPS) is 35.0. The Bertz CT molecular complexity index is 182. The number of nitrogens with one attached hydrogen (secondary N) is 1. The smallest absolute Gasteiger partial charge is 0.0909 e. The van der Waals surface area contributed by atoms with Crippen molar-refractivity contribution in [1.29, 1.82) is 0 Å². The highest BCUT2D eigenvalue weighted by atomic mass is 16.3. The zero-order valence-electron chi connectivity index (χ0n) is 9.67. The Kier molecular flexibility index (Phi) is 4.00. The number of likely N-dealkylation sites (tertiary alicyclic amines) is 1. The fourth-order valence-electron chi connectivity index (χ4n) is 2.75. The predicted octanol–water partition coefficient (Wildman–Crippen LogP) is 0.977. The summed E-state index contributed by atoms with van der Waals surface area (Å²) in [6, 6.07) is 0. The Hall–Kier alpha value is -0.120. The van der Waals surface area contributed by atoms with E-state index in [9.17, 15) is 5.11 Å². The standard InChI is InChI=1S/C12H24N2O/c15-12(6-7-13-10-12)11-14-8-4-2-1-3-5-9-14/h13,15H,1-11H2. The Morgan fingerprint density at radius 2 is 1.73 bits per heavy atom. The zero-order valence-corrected chi connectivity index (χ0v) is 9.67. The number of nitrogens with zero attached hydrogens (tertiary/aromatic N) is 1. The lowest BCUT2D eigenvalue weighted by molar-refractivity contribution is 0.0187. The van der Waals surface area contributed by atoms with Crippen LogP contribution in [-0.2, 0) is 0 Å². The number of rotatable bonds is 2. The molecule has 2 rings (SSSR count). The van der Waals surface area contributed by atoms with Gasteiger partial charge < -0.3 is 15.3 Å². The molecule has 2 aliphatic rings. The second-order valence-corrected chi connectivity index (χ2v) is 5.20. The van der Waals surface area contributed by atoms with Crippen LogP contribution in [0, 0.1) is 0 Å². The Morgan fingerprint density at radius 1 is 1.07 bits per heavy atom. The van der Waals surface area contributed by atoms with Crippen molar-refractivity contribution >= 4 is 0 Å². The fourth-order valence-corrected chi connectivity index (χ4v) is 2.75. The molecular weight excluding hydrogens is 188 g/mol. The summed E-state index contributed by atoms with van der Waals surface area (Å²) in [5, 5.41) is 13.6. The number of hydrogen-bond donors (Lipinski definition) is 2. The average molecular weight is 212 g/mol. The van der Waals surface area contributed by atoms with Crippen LogP contribution in [0.5, 0.6) is 0 Å². The molecule has 3 heteroatoms. The first-order chi connectivity index (χ1) is 7.29. The molecule has 0 radical (unpaired) electrons. The SMILES string of the molecule is OC1(CN2CCCCCCC2)CCNC1. The van der Waals surface area contributed by atoms with E-state index in [1.54, 1.807) is 0 Å². The first-order valence-corrected chi connectivity index (χ1v) is 6.44. The number of β-amino-alcohol motifs (C(OH)–C–C–N with tert-alkyl or cyclic N) is 1. The van der Waals surface area contributed by atoms with Gasteiger partial charge in [-0.25, -0.2) is 0 Å². The lowest BCUT2D eigenvalue weighted by Crippen LogP contribution is -2.45. The van der Waals surface area contributed by atoms with Gasteiger partial charge in [-0.05, 0) is 38.9 Å². The van der Waals surface area contributed by atoms with E-state index < -0.39 is 5.60 Å². The molecule has 1 unspecified atom stereocenters. The maximum atomic E-state index is 10.3. The van der Waals surface area contributed by atoms with Crippen LogP contribution >= 0.6 is 0 Å². The molecule has 88 valence electrons. The second kappa shape index (κ2) is 5.28. The van der Waals surface area contributed by atoms with Gasteiger partial charge in [0, 0.05) is 13.1 Å². The summed E-state index contributed by atoms with van der Waals surface area (Å²) < 4.78 is 0. The van der Waals surface area contributed by atoms with Crippen LogP contribution < -0.4 is 5.32 Å². The highest BCUT2D eigenvalue weighted by Gasteiger charge is 2.32. The topological polar surface area (TPSA) is 35.5 Å². The number of hydrogen-bond acceptors (Lipinski definition) is 3. The van der Waals surface area contributed by atoms with Crippen LogP contribution in [0.4, 0.5) is 0 Å². The van der Waals surface area contributed by atoms with Crippen LogP contribution in [0.15, 0.2) is 0 Å². The molecule has 2 aliphatic heterocycles. The molecule has 0 aliphatic carbocycles. The van der Waals surface area contributed by atoms with E-state index >= 15 is 0 Å². The van der Waals surface area contributed by atoms with Crippen molar-refractivity contribution in [3.05, 3.63) is 0 Å². The van der Waals surface area contributed by atoms with Crippen molar-refractivity contribution in [2.75, 3.05) is 32.7 Å². The van der Waals surface area contributed by atoms with Crippen molar-refractivity contribution in [2.45, 2.75) is 44.1 Å². The molecule has 15 heavy (non-hydrogen) atoms. The first-order valence-electron chi connectivity index (χ1n) is 6.44. The largest absolute Gasteiger partial charge is 0.387 e. The minimum Gasteiger partial charge on any atom is -0.387 e. The molecule has 2 N–H and O–H groups in total. The van der Waals surface area contributed by atoms with Crippen molar-refractivity contribution in [2.24, 2.45) is 0 Å². The van der Waals surface area contributed by atoms with Crippen LogP contribution in [0.3, 0.4) is 0 Å². The van der Waals surface area contributed by atoms with Crippen molar-refractivity contribution in [1.82, 2.24) is 10.2 Å². The van der Waals surface area contributed by atoms with Crippen molar-refractivity contribution < 1.29 is 5.11 Å². The van der Waals surface area contributed by atoms with E-state index in [4.69, 9.17) is 0 Å². The summed E-state index contributed by atoms with van der Waals surface area (Å²) in [5.41, 5.74) is -0.445. The highest BCUT2D eigenvalue weighted by molar-refractivity contribution is 4.90. The molecule has 2 fully saturated rings. The van der Waals surface area contributed by atoms with Gasteiger partial charge in [-0.2, -0.15) is 0 Å². The summed E-state index contributed by atoms with van der Waals surface area (Å²) in [6.45, 7) is 5.00. The Balaban J connectivity index is 1.80. The average Bonchev–Trinajstić information content (AvgIpc) is 2.57. The highest BCUT2D eigenvalue weighted by Crippen LogP contribution is 2.18. The van der Waals surface area contributed by atoms with E-state index in [1.807, 2.05) is 0 Å². The molecular formula is C12H24N2O. The van der Waals surface area contributed by atoms with E-state index in [0.29, 0.717) is 0 Å². The predicted molar refractivity (Wildman–Crippen MR) is 62.0 cm³/mol. The molecule has 0 aromatic rings. The van der Waals surface area contributed by atoms with E-state index in [-0.39, 0.29) is 0 Å². The molecule has 0 aromatic heterocycles. The third kappa shape index (κ3) is 3.44. The second-order valence-electron chi connectivity index (χ2n) is 5.20. The maximum absolute atomic E-state index is 10.3. The van der Waals surface area contributed by atoms with Crippen LogP contribution in [0.25, 0.3) is 0 Å². The molecule has 0 bridgehead atoms. The van der Waals surface area contributed by atoms with Crippen LogP contribution in [0.2, 0.25) is 0 Å². The molecule has 3 nitrogen and oxygen atoms in total. The molecule has 0 saturated carbocycles. The minimum atomic E-state index is -0.445. The van der Waals surface area contributed by atoms with Crippen molar-refractivity contribution in [3.63, 3.8) is 0 Å². The van der Waals surface area contributed by atoms with Gasteiger partial charge in [0.15, 0.2) is 0 Å². The maximum Gasteiger partial charge on any atom is 0.0909 e. The van der Waals surface area contributed by atoms with E-state index in [1.165, 1.54) is 45.2 Å². The fraction of sp³-hybridized carbons (Fsp3) is 1.00. The Labute approximate surface area is 92.8 Å². The van der Waals surface area contributed by atoms with Crippen molar-refractivity contribution in [3.8, 4) is 0 Å². The molecule has 0 amide bonds. The zero-order chi connectivity index (χ0) is 10.6. The van der Waals surface area contributed by atoms with Gasteiger partial charge >= 0.3 is 0 Å². The summed E-state index contributed by atoms with van der Waals surface area (Å²) in [6.07, 6.45) is 7.68. The first kappa shape index (κ1) is 11.4. The van der Waals surface area contributed by atoms with E-state index in [0.717, 1.165) is 26.1 Å². The van der Waals surface area contributed by atoms with Gasteiger partial charge in [0.2, 0.25) is 0 Å². The van der Waals surface area contributed by atoms with Gasteiger partial charge in [0.25, 0.3) is 0 Å². The summed E-state index contributed by atoms with van der Waals surface area (Å²) >= 11 is 0. The lowest BCUT2D eigenvalue weighted by atomic mass is 10.0. The summed E-state index contributed by atoms with van der Waals surface area (Å²) in [7, 11) is 0. The molecule has 0 spiro atoms. The minimum absolute atomic E-state index is 0.445. The van der Waals surface area contributed by atoms with Gasteiger partial charge in [-0.1, -0.05) is 19.3 Å². The quantitative estimate of drug-likeness (QED) is 0.716. The van der Waals surface area contributed by atoms with E-state index in [2.05, 4.69) is 10.2 Å². The molecule has 0 aromatic carbocycles. The third-order valence-electron chi connectivity index (χ3n) is 3.69. The van der Waals surface area contributed by atoms with Gasteiger partial charge in [-0.3, -0.25) is 0 Å². The van der Waals surface area contributed by atoms with Gasteiger partial charge in [0.1, 0.15) is 0 Å². The van der Waals surface area contributed by atoms with Gasteiger partial charge in [0.05, 0.1) is 5.60 Å². The Morgan fingerprint density at radius 3 is 2.33 bits per heavy atom. The van der Waals surface area contributed by atoms with Gasteiger partial charge in [-0.15, -0.1) is 0 Å². The van der Waals surface area contributed by atoms with Crippen LogP contribution in [0.1, 0.15) is 38.5 Å². The van der Waals surface area contributed by atoms with Crippen LogP contribution in [-0.4, -0.2) is 48.3 Å². The molecule has 2 heterocycles. The summed E-state index contributed by atoms with van der Waals surface area (Å²) in [4.78, 5) is 2.46. The monoisotopic (exact) mass is 212 g/mol. The number of aliphatic hydroxyl groups is 1. The molecule has 2 saturated heterocycles. The molecule has 1 atom stereocenters. The summed E-state index contributed by atoms with van der Waals surface area (Å²) in [5.74, 6) is 0. The lowest BCUT2D eigenvalue weighted by Gasteiger charge is -2.31.